The Kier molecular flexibility index (Phi) is 3.36. The number of aromatic nitrogens is 3. The smallest absolute Gasteiger partial charge is 0.269 e. The number of hydrogen-bond acceptors (Lipinski definition) is 9. The summed E-state index contributed by atoms with van der Waals surface area (Å²) < 4.78 is 0. The highest BCUT2D eigenvalue weighted by Crippen LogP contribution is 2.34. The maximum Gasteiger partial charge on any atom is 0.269 e. The number of fused-ring (bicyclic) bond motifs is 1. The van der Waals surface area contributed by atoms with Gasteiger partial charge in [-0.25, -0.2) is 4.98 Å². The van der Waals surface area contributed by atoms with Crippen molar-refractivity contribution in [2.45, 2.75) is 6.92 Å². The zero-order valence-electron chi connectivity index (χ0n) is 11.2. The van der Waals surface area contributed by atoms with Crippen LogP contribution in [0.15, 0.2) is 6.07 Å². The molecule has 0 aliphatic carbocycles. The van der Waals surface area contributed by atoms with Gasteiger partial charge in [-0.1, -0.05) is 11.3 Å². The lowest BCUT2D eigenvalue weighted by molar-refractivity contribution is 0.103. The molecule has 0 saturated heterocycles. The van der Waals surface area contributed by atoms with Crippen molar-refractivity contribution in [1.29, 1.82) is 5.26 Å². The van der Waals surface area contributed by atoms with Gasteiger partial charge in [0.1, 0.15) is 26.6 Å². The fraction of sp³-hybridized carbons (Fsp3) is 0.0833. The first-order chi connectivity index (χ1) is 10.5. The number of nitriles is 1. The van der Waals surface area contributed by atoms with E-state index in [9.17, 15) is 4.79 Å². The van der Waals surface area contributed by atoms with E-state index in [2.05, 4.69) is 20.5 Å². The number of aryl methyl sites for hydroxylation is 1. The molecule has 0 aliphatic rings. The van der Waals surface area contributed by atoms with Gasteiger partial charge in [-0.05, 0) is 13.0 Å². The van der Waals surface area contributed by atoms with Gasteiger partial charge in [0, 0.05) is 5.39 Å². The average molecular weight is 331 g/mol. The normalized spacial score (nSPS) is 10.5. The minimum atomic E-state index is -0.395. The molecular formula is C12H9N7OS2. The van der Waals surface area contributed by atoms with Gasteiger partial charge in [0.15, 0.2) is 0 Å². The molecule has 0 aliphatic heterocycles. The summed E-state index contributed by atoms with van der Waals surface area (Å²) in [6.45, 7) is 1.79. The van der Waals surface area contributed by atoms with Crippen LogP contribution >= 0.6 is 22.7 Å². The molecule has 3 aromatic rings. The lowest BCUT2D eigenvalue weighted by Crippen LogP contribution is -2.11. The molecule has 3 rings (SSSR count). The van der Waals surface area contributed by atoms with Crippen LogP contribution in [0.4, 0.5) is 16.6 Å². The summed E-state index contributed by atoms with van der Waals surface area (Å²) >= 11 is 2.37. The minimum absolute atomic E-state index is 0.114. The van der Waals surface area contributed by atoms with Crippen molar-refractivity contribution in [3.63, 3.8) is 0 Å². The second-order valence-electron chi connectivity index (χ2n) is 4.31. The zero-order chi connectivity index (χ0) is 15.9. The summed E-state index contributed by atoms with van der Waals surface area (Å²) in [4.78, 5) is 17.2. The Balaban J connectivity index is 2.02. The summed E-state index contributed by atoms with van der Waals surface area (Å²) in [7, 11) is 0. The van der Waals surface area contributed by atoms with E-state index in [-0.39, 0.29) is 17.1 Å². The highest BCUT2D eigenvalue weighted by atomic mass is 32.1. The third-order valence-electron chi connectivity index (χ3n) is 2.82. The van der Waals surface area contributed by atoms with Crippen LogP contribution in [-0.4, -0.2) is 21.1 Å². The van der Waals surface area contributed by atoms with E-state index in [0.29, 0.717) is 20.2 Å². The standard InChI is InChI=1S/C12H9N7OS2/c1-4-18-19-12(21-4)17-10(20)8-7(14)6-2-5(3-13)9(15)16-11(6)22-8/h2H,14H2,1H3,(H2,15,16)(H,17,19,20). The van der Waals surface area contributed by atoms with Gasteiger partial charge in [0.2, 0.25) is 5.13 Å². The Bertz CT molecular complexity index is 937. The molecule has 110 valence electrons. The molecule has 0 radical (unpaired) electrons. The molecule has 0 bridgehead atoms. The van der Waals surface area contributed by atoms with Crippen molar-refractivity contribution in [2.75, 3.05) is 16.8 Å². The predicted molar refractivity (Wildman–Crippen MR) is 85.8 cm³/mol. The van der Waals surface area contributed by atoms with Gasteiger partial charge in [-0.15, -0.1) is 21.5 Å². The second-order valence-corrected chi connectivity index (χ2v) is 6.49. The Morgan fingerprint density at radius 1 is 1.36 bits per heavy atom. The summed E-state index contributed by atoms with van der Waals surface area (Å²) in [5.74, 6) is -0.281. The van der Waals surface area contributed by atoms with E-state index in [4.69, 9.17) is 16.7 Å². The van der Waals surface area contributed by atoms with Crippen molar-refractivity contribution in [1.82, 2.24) is 15.2 Å². The SMILES string of the molecule is Cc1nnc(NC(=O)c2sc3nc(N)c(C#N)cc3c2N)s1. The minimum Gasteiger partial charge on any atom is -0.397 e. The number of nitrogens with zero attached hydrogens (tertiary/aromatic N) is 4. The number of nitrogens with one attached hydrogen (secondary N) is 1. The number of hydrogen-bond donors (Lipinski definition) is 3. The average Bonchev–Trinajstić information content (AvgIpc) is 3.02. The molecular weight excluding hydrogens is 322 g/mol. The first-order valence-electron chi connectivity index (χ1n) is 5.99. The number of nitrogens with two attached hydrogens (primary N) is 2. The van der Waals surface area contributed by atoms with E-state index >= 15 is 0 Å². The van der Waals surface area contributed by atoms with Crippen molar-refractivity contribution >= 4 is 55.4 Å². The van der Waals surface area contributed by atoms with Crippen LogP contribution in [0.1, 0.15) is 20.2 Å². The Morgan fingerprint density at radius 3 is 2.77 bits per heavy atom. The van der Waals surface area contributed by atoms with Crippen LogP contribution in [0.3, 0.4) is 0 Å². The zero-order valence-corrected chi connectivity index (χ0v) is 12.9. The molecule has 0 saturated carbocycles. The number of nitrogen functional groups attached to an aromatic ring is 2. The van der Waals surface area contributed by atoms with Gasteiger partial charge in [0.25, 0.3) is 5.91 Å². The van der Waals surface area contributed by atoms with Gasteiger partial charge < -0.3 is 11.5 Å². The van der Waals surface area contributed by atoms with Gasteiger partial charge in [0.05, 0.1) is 11.3 Å². The van der Waals surface area contributed by atoms with Crippen molar-refractivity contribution in [2.24, 2.45) is 0 Å². The Morgan fingerprint density at radius 2 is 2.14 bits per heavy atom. The van der Waals surface area contributed by atoms with Crippen LogP contribution in [0.25, 0.3) is 10.2 Å². The lowest BCUT2D eigenvalue weighted by atomic mass is 10.2. The summed E-state index contributed by atoms with van der Waals surface area (Å²) in [5, 5.41) is 20.9. The number of amides is 1. The Hall–Kier alpha value is -2.77. The van der Waals surface area contributed by atoms with Crippen LogP contribution < -0.4 is 16.8 Å². The largest absolute Gasteiger partial charge is 0.397 e. The van der Waals surface area contributed by atoms with E-state index in [1.807, 2.05) is 6.07 Å². The molecule has 0 unspecified atom stereocenters. The molecule has 22 heavy (non-hydrogen) atoms. The first-order valence-corrected chi connectivity index (χ1v) is 7.63. The quantitative estimate of drug-likeness (QED) is 0.648. The Labute approximate surface area is 132 Å². The number of anilines is 3. The third-order valence-corrected chi connectivity index (χ3v) is 4.69. The van der Waals surface area contributed by atoms with Gasteiger partial charge in [-0.3, -0.25) is 10.1 Å². The maximum absolute atomic E-state index is 12.3. The first kappa shape index (κ1) is 14.2. The maximum atomic E-state index is 12.3. The molecule has 0 spiro atoms. The fourth-order valence-electron chi connectivity index (χ4n) is 1.81. The molecule has 5 N–H and O–H groups in total. The number of rotatable bonds is 2. The van der Waals surface area contributed by atoms with Gasteiger partial charge in [-0.2, -0.15) is 5.26 Å². The summed E-state index contributed by atoms with van der Waals surface area (Å²) in [6, 6.07) is 3.48. The van der Waals surface area contributed by atoms with Crippen LogP contribution in [0, 0.1) is 18.3 Å². The van der Waals surface area contributed by atoms with Crippen molar-refractivity contribution in [3.05, 3.63) is 21.5 Å². The third kappa shape index (κ3) is 2.32. The number of thiophene rings is 1. The topological polar surface area (TPSA) is 144 Å². The van der Waals surface area contributed by atoms with E-state index in [1.54, 1.807) is 6.92 Å². The monoisotopic (exact) mass is 331 g/mol. The second kappa shape index (κ2) is 5.21. The molecule has 0 aromatic carbocycles. The fourth-order valence-corrected chi connectivity index (χ4v) is 3.38. The molecule has 3 aromatic heterocycles. The molecule has 0 atom stereocenters. The molecule has 3 heterocycles. The van der Waals surface area contributed by atoms with Crippen LogP contribution in [-0.2, 0) is 0 Å². The van der Waals surface area contributed by atoms with Crippen molar-refractivity contribution < 1.29 is 4.79 Å². The van der Waals surface area contributed by atoms with E-state index in [1.165, 1.54) is 17.4 Å². The van der Waals surface area contributed by atoms with Crippen LogP contribution in [0.5, 0.6) is 0 Å². The number of pyridine rings is 1. The molecule has 0 fully saturated rings. The van der Waals surface area contributed by atoms with E-state index < -0.39 is 5.91 Å². The number of carbonyl (C=O) groups excluding carboxylic acids is 1. The highest BCUT2D eigenvalue weighted by molar-refractivity contribution is 7.21. The molecule has 8 nitrogen and oxygen atoms in total. The highest BCUT2D eigenvalue weighted by Gasteiger charge is 2.19. The van der Waals surface area contributed by atoms with Gasteiger partial charge >= 0.3 is 0 Å². The predicted octanol–water partition coefficient (Wildman–Crippen LogP) is 1.74. The lowest BCUT2D eigenvalue weighted by Gasteiger charge is -1.99. The molecule has 1 amide bonds. The number of carbonyl (C=O) groups is 1. The van der Waals surface area contributed by atoms with Crippen LogP contribution in [0.2, 0.25) is 0 Å². The van der Waals surface area contributed by atoms with E-state index in [0.717, 1.165) is 16.3 Å². The van der Waals surface area contributed by atoms with Crippen molar-refractivity contribution in [3.8, 4) is 6.07 Å². The molecule has 10 heteroatoms. The summed E-state index contributed by atoms with van der Waals surface area (Å²) in [5.41, 5.74) is 12.2. The summed E-state index contributed by atoms with van der Waals surface area (Å²) in [6.07, 6.45) is 0.